The van der Waals surface area contributed by atoms with Crippen molar-refractivity contribution in [1.29, 1.82) is 5.26 Å². The van der Waals surface area contributed by atoms with Gasteiger partial charge >= 0.3 is 0 Å². The maximum Gasteiger partial charge on any atom is 0.229 e. The first-order chi connectivity index (χ1) is 16.2. The molecule has 0 saturated heterocycles. The third-order valence-corrected chi connectivity index (χ3v) is 6.54. The Morgan fingerprint density at radius 3 is 2.59 bits per heavy atom. The van der Waals surface area contributed by atoms with Crippen LogP contribution in [0.3, 0.4) is 0 Å². The van der Waals surface area contributed by atoms with Gasteiger partial charge in [-0.3, -0.25) is 4.72 Å². The van der Waals surface area contributed by atoms with Gasteiger partial charge in [0.15, 0.2) is 0 Å². The van der Waals surface area contributed by atoms with E-state index in [0.717, 1.165) is 28.1 Å². The van der Waals surface area contributed by atoms with Crippen molar-refractivity contribution < 1.29 is 18.3 Å². The lowest BCUT2D eigenvalue weighted by molar-refractivity contribution is 0.172. The Labute approximate surface area is 205 Å². The molecule has 0 fully saturated rings. The molecule has 0 unspecified atom stereocenters. The van der Waals surface area contributed by atoms with Crippen molar-refractivity contribution in [2.75, 3.05) is 30.7 Å². The minimum Gasteiger partial charge on any atom is -0.492 e. The maximum absolute atomic E-state index is 11.5. The van der Waals surface area contributed by atoms with Gasteiger partial charge < -0.3 is 20.1 Å². The van der Waals surface area contributed by atoms with Gasteiger partial charge in [-0.05, 0) is 57.9 Å². The number of anilines is 1. The predicted molar refractivity (Wildman–Crippen MR) is 136 cm³/mol. The van der Waals surface area contributed by atoms with Crippen molar-refractivity contribution in [2.24, 2.45) is 0 Å². The van der Waals surface area contributed by atoms with Crippen molar-refractivity contribution in [1.82, 2.24) is 10.3 Å². The number of rotatable bonds is 9. The topological polar surface area (TPSA) is 127 Å². The summed E-state index contributed by atoms with van der Waals surface area (Å²) in [5.41, 5.74) is 3.41. The molecule has 0 amide bonds. The minimum atomic E-state index is -3.43. The van der Waals surface area contributed by atoms with E-state index in [-0.39, 0.29) is 6.54 Å². The molecule has 0 aliphatic heterocycles. The van der Waals surface area contributed by atoms with Crippen molar-refractivity contribution in [3.63, 3.8) is 0 Å². The predicted octanol–water partition coefficient (Wildman–Crippen LogP) is 4.03. The van der Waals surface area contributed by atoms with Gasteiger partial charge in [0.25, 0.3) is 0 Å². The lowest BCUT2D eigenvalue weighted by Crippen LogP contribution is -2.26. The van der Waals surface area contributed by atoms with Crippen LogP contribution in [0.25, 0.3) is 21.8 Å². The van der Waals surface area contributed by atoms with Crippen LogP contribution in [0.4, 0.5) is 5.69 Å². The molecule has 0 spiro atoms. The second-order valence-corrected chi connectivity index (χ2v) is 10.5. The molecule has 10 heteroatoms. The highest BCUT2D eigenvalue weighted by molar-refractivity contribution is 9.10. The van der Waals surface area contributed by atoms with Crippen LogP contribution >= 0.6 is 15.9 Å². The van der Waals surface area contributed by atoms with Crippen LogP contribution < -0.4 is 14.8 Å². The lowest BCUT2D eigenvalue weighted by Gasteiger charge is -2.15. The fourth-order valence-corrected chi connectivity index (χ4v) is 4.72. The Balaban J connectivity index is 1.31. The molecule has 1 aromatic heterocycles. The smallest absolute Gasteiger partial charge is 0.229 e. The van der Waals surface area contributed by atoms with Crippen molar-refractivity contribution in [3.05, 3.63) is 70.2 Å². The zero-order valence-corrected chi connectivity index (χ0v) is 20.7. The summed E-state index contributed by atoms with van der Waals surface area (Å²) < 4.78 is 31.9. The number of fused-ring (bicyclic) bond motifs is 3. The molecule has 4 N–H and O–H groups in total. The Hall–Kier alpha value is -3.10. The fraction of sp³-hybridized carbons (Fsp3) is 0.208. The molecular weight excluding hydrogens is 520 g/mol. The zero-order valence-electron chi connectivity index (χ0n) is 18.3. The third-order valence-electron chi connectivity index (χ3n) is 5.26. The quantitative estimate of drug-likeness (QED) is 0.236. The average Bonchev–Trinajstić information content (AvgIpc) is 3.16. The van der Waals surface area contributed by atoms with E-state index >= 15 is 0 Å². The molecule has 1 atom stereocenters. The van der Waals surface area contributed by atoms with Gasteiger partial charge in [-0.15, -0.1) is 0 Å². The van der Waals surface area contributed by atoms with Crippen molar-refractivity contribution in [2.45, 2.75) is 6.10 Å². The van der Waals surface area contributed by atoms with E-state index in [1.165, 1.54) is 0 Å². The Morgan fingerprint density at radius 2 is 1.85 bits per heavy atom. The van der Waals surface area contributed by atoms with E-state index in [1.54, 1.807) is 24.3 Å². The number of H-pyrrole nitrogens is 1. The lowest BCUT2D eigenvalue weighted by atomic mass is 10.1. The second-order valence-electron chi connectivity index (χ2n) is 7.89. The SMILES string of the molecule is CS(=O)(=O)Nc1cc([C@H](O)CNCCOc2ccc3c(c2)[nH]c2cc(C#N)ccc23)ccc1Br. The summed E-state index contributed by atoms with van der Waals surface area (Å²) in [4.78, 5) is 3.32. The van der Waals surface area contributed by atoms with Gasteiger partial charge in [0, 0.05) is 39.9 Å². The van der Waals surface area contributed by atoms with Gasteiger partial charge in [0.1, 0.15) is 12.4 Å². The summed E-state index contributed by atoms with van der Waals surface area (Å²) in [5.74, 6) is 0.714. The molecule has 0 aliphatic rings. The first kappa shape index (κ1) is 24.0. The van der Waals surface area contributed by atoms with Crippen LogP contribution in [-0.2, 0) is 10.0 Å². The number of aromatic amines is 1. The standard InChI is InChI=1S/C24H23BrN4O4S/c1-34(31,32)29-23-11-16(3-7-20(23)25)24(30)14-27-8-9-33-17-4-6-19-18-5-2-15(13-26)10-21(18)28-22(19)12-17/h2-7,10-12,24,27-30H,8-9,14H2,1H3/t24-/m1/s1. The number of sulfonamides is 1. The molecule has 1 heterocycles. The normalized spacial score (nSPS) is 12.5. The number of hydrogen-bond donors (Lipinski definition) is 4. The summed E-state index contributed by atoms with van der Waals surface area (Å²) >= 11 is 3.30. The van der Waals surface area contributed by atoms with Crippen molar-refractivity contribution >= 4 is 53.4 Å². The average molecular weight is 543 g/mol. The highest BCUT2D eigenvalue weighted by Gasteiger charge is 2.12. The molecule has 4 aromatic rings. The second kappa shape index (κ2) is 10.0. The van der Waals surface area contributed by atoms with E-state index in [9.17, 15) is 13.5 Å². The maximum atomic E-state index is 11.5. The largest absolute Gasteiger partial charge is 0.492 e. The van der Waals surface area contributed by atoms with E-state index in [1.807, 2.05) is 30.3 Å². The zero-order chi connectivity index (χ0) is 24.3. The van der Waals surface area contributed by atoms with Crippen LogP contribution in [0.2, 0.25) is 0 Å². The van der Waals surface area contributed by atoms with E-state index in [2.05, 4.69) is 37.0 Å². The number of nitrogens with one attached hydrogen (secondary N) is 3. The number of halogens is 1. The van der Waals surface area contributed by atoms with Gasteiger partial charge in [-0.2, -0.15) is 5.26 Å². The Kier molecular flexibility index (Phi) is 7.09. The highest BCUT2D eigenvalue weighted by Crippen LogP contribution is 2.29. The molecule has 34 heavy (non-hydrogen) atoms. The van der Waals surface area contributed by atoms with Crippen LogP contribution in [0.1, 0.15) is 17.2 Å². The molecule has 4 rings (SSSR count). The molecule has 3 aromatic carbocycles. The number of aromatic nitrogens is 1. The molecular formula is C24H23BrN4O4S. The van der Waals surface area contributed by atoms with Crippen LogP contribution in [0.5, 0.6) is 5.75 Å². The Morgan fingerprint density at radius 1 is 1.12 bits per heavy atom. The number of ether oxygens (including phenoxy) is 1. The van der Waals surface area contributed by atoms with Crippen molar-refractivity contribution in [3.8, 4) is 11.8 Å². The number of benzene rings is 3. The molecule has 8 nitrogen and oxygen atoms in total. The summed E-state index contributed by atoms with van der Waals surface area (Å²) in [5, 5.41) is 24.8. The number of aliphatic hydroxyl groups excluding tert-OH is 1. The summed E-state index contributed by atoms with van der Waals surface area (Å²) in [7, 11) is -3.43. The first-order valence-electron chi connectivity index (χ1n) is 10.5. The molecule has 0 saturated carbocycles. The monoisotopic (exact) mass is 542 g/mol. The number of aliphatic hydroxyl groups is 1. The Bertz CT molecular complexity index is 1490. The van der Waals surface area contributed by atoms with Gasteiger partial charge in [0.05, 0.1) is 35.2 Å². The van der Waals surface area contributed by atoms with Crippen LogP contribution in [0, 0.1) is 11.3 Å². The van der Waals surface area contributed by atoms with Gasteiger partial charge in [0.2, 0.25) is 10.0 Å². The number of hydrogen-bond acceptors (Lipinski definition) is 6. The van der Waals surface area contributed by atoms with Crippen LogP contribution in [-0.4, -0.2) is 44.5 Å². The molecule has 176 valence electrons. The fourth-order valence-electron chi connectivity index (χ4n) is 3.67. The van der Waals surface area contributed by atoms with Crippen LogP contribution in [0.15, 0.2) is 59.1 Å². The van der Waals surface area contributed by atoms with Gasteiger partial charge in [-0.1, -0.05) is 12.1 Å². The molecule has 0 bridgehead atoms. The molecule has 0 radical (unpaired) electrons. The first-order valence-corrected chi connectivity index (χ1v) is 13.2. The highest BCUT2D eigenvalue weighted by atomic mass is 79.9. The summed E-state index contributed by atoms with van der Waals surface area (Å²) in [6.45, 7) is 1.20. The van der Waals surface area contributed by atoms with Gasteiger partial charge in [-0.25, -0.2) is 8.42 Å². The van der Waals surface area contributed by atoms with E-state index < -0.39 is 16.1 Å². The summed E-state index contributed by atoms with van der Waals surface area (Å²) in [6, 6.07) is 18.6. The number of nitriles is 1. The molecule has 0 aliphatic carbocycles. The van der Waals surface area contributed by atoms with E-state index in [0.29, 0.717) is 40.2 Å². The minimum absolute atomic E-state index is 0.283. The van der Waals surface area contributed by atoms with E-state index in [4.69, 9.17) is 10.00 Å². The third kappa shape index (κ3) is 5.69. The summed E-state index contributed by atoms with van der Waals surface area (Å²) in [6.07, 6.45) is 0.263. The number of nitrogens with zero attached hydrogens (tertiary/aromatic N) is 1.